The Labute approximate surface area is 147 Å². The second-order valence-corrected chi connectivity index (χ2v) is 7.00. The standard InChI is InChI=1S/C16H17N3O5S/c1-7-6-25-15-11(14(22)19(15)12(7)16(23)24)18-13(21)10(17)8-2-4-9(20)5-3-8/h2-5,10-11,15,20H,6,17H2,1H3,(H,18,21)(H,23,24)/t10?,11?,15-/m1/s1. The number of hydrogen-bond acceptors (Lipinski definition) is 6. The molecule has 0 aliphatic carbocycles. The number of carbonyl (C=O) groups is 3. The number of rotatable bonds is 4. The summed E-state index contributed by atoms with van der Waals surface area (Å²) in [6.45, 7) is 1.67. The number of fused-ring (bicyclic) bond motifs is 1. The number of thioether (sulfide) groups is 1. The molecule has 2 aliphatic heterocycles. The summed E-state index contributed by atoms with van der Waals surface area (Å²) in [7, 11) is 0. The summed E-state index contributed by atoms with van der Waals surface area (Å²) < 4.78 is 0. The number of phenolic OH excluding ortho intramolecular Hbond substituents is 1. The van der Waals surface area contributed by atoms with E-state index in [-0.39, 0.29) is 11.4 Å². The molecule has 132 valence electrons. The Bertz CT molecular complexity index is 776. The maximum absolute atomic E-state index is 12.3. The van der Waals surface area contributed by atoms with Gasteiger partial charge in [-0.15, -0.1) is 11.8 Å². The van der Waals surface area contributed by atoms with Crippen molar-refractivity contribution < 1.29 is 24.6 Å². The molecule has 8 nitrogen and oxygen atoms in total. The molecule has 3 rings (SSSR count). The van der Waals surface area contributed by atoms with Crippen LogP contribution in [0.5, 0.6) is 5.75 Å². The highest BCUT2D eigenvalue weighted by Crippen LogP contribution is 2.40. The number of β-lactam (4-membered cyclic amide) rings is 1. The smallest absolute Gasteiger partial charge is 0.352 e. The van der Waals surface area contributed by atoms with E-state index >= 15 is 0 Å². The SMILES string of the molecule is CC1=C(C(=O)O)N2C(=O)C(NC(=O)C(N)c3ccc(O)cc3)[C@H]2SC1. The van der Waals surface area contributed by atoms with Crippen LogP contribution in [0, 0.1) is 0 Å². The lowest BCUT2D eigenvalue weighted by Crippen LogP contribution is -2.71. The minimum absolute atomic E-state index is 0.0120. The van der Waals surface area contributed by atoms with Gasteiger partial charge in [0.2, 0.25) is 5.91 Å². The fourth-order valence-electron chi connectivity index (χ4n) is 2.85. The first-order valence-electron chi connectivity index (χ1n) is 7.54. The van der Waals surface area contributed by atoms with E-state index in [1.54, 1.807) is 6.92 Å². The van der Waals surface area contributed by atoms with E-state index in [1.165, 1.54) is 40.9 Å². The molecule has 0 bridgehead atoms. The highest BCUT2D eigenvalue weighted by molar-refractivity contribution is 8.00. The molecule has 1 saturated heterocycles. The lowest BCUT2D eigenvalue weighted by molar-refractivity contribution is -0.150. The number of amides is 2. The summed E-state index contributed by atoms with van der Waals surface area (Å²) in [6, 6.07) is 4.09. The molecule has 0 aromatic heterocycles. The zero-order valence-electron chi connectivity index (χ0n) is 13.3. The van der Waals surface area contributed by atoms with Gasteiger partial charge in [-0.1, -0.05) is 12.1 Å². The number of phenols is 1. The van der Waals surface area contributed by atoms with Crippen LogP contribution >= 0.6 is 11.8 Å². The summed E-state index contributed by atoms with van der Waals surface area (Å²) in [5.41, 5.74) is 7.00. The molecule has 25 heavy (non-hydrogen) atoms. The molecular weight excluding hydrogens is 346 g/mol. The third-order valence-electron chi connectivity index (χ3n) is 4.19. The molecule has 0 saturated carbocycles. The maximum Gasteiger partial charge on any atom is 0.352 e. The zero-order chi connectivity index (χ0) is 18.3. The monoisotopic (exact) mass is 363 g/mol. The fraction of sp³-hybridized carbons (Fsp3) is 0.312. The van der Waals surface area contributed by atoms with Gasteiger partial charge in [0.15, 0.2) is 0 Å². The number of nitrogens with one attached hydrogen (secondary N) is 1. The van der Waals surface area contributed by atoms with Gasteiger partial charge < -0.3 is 21.3 Å². The predicted octanol–water partition coefficient (Wildman–Crippen LogP) is 0.151. The number of carbonyl (C=O) groups excluding carboxylic acids is 2. The largest absolute Gasteiger partial charge is 0.508 e. The molecule has 0 radical (unpaired) electrons. The summed E-state index contributed by atoms with van der Waals surface area (Å²) >= 11 is 1.40. The van der Waals surface area contributed by atoms with E-state index in [9.17, 15) is 24.6 Å². The third-order valence-corrected chi connectivity index (χ3v) is 5.62. The highest BCUT2D eigenvalue weighted by Gasteiger charge is 2.53. The number of carboxylic acid groups (broad SMARTS) is 1. The van der Waals surface area contributed by atoms with Gasteiger partial charge in [-0.25, -0.2) is 4.79 Å². The first-order chi connectivity index (χ1) is 11.8. The van der Waals surface area contributed by atoms with Gasteiger partial charge in [-0.05, 0) is 30.2 Å². The Kier molecular flexibility index (Phi) is 4.44. The van der Waals surface area contributed by atoms with E-state index in [2.05, 4.69) is 5.32 Å². The van der Waals surface area contributed by atoms with Crippen molar-refractivity contribution in [3.8, 4) is 5.75 Å². The van der Waals surface area contributed by atoms with E-state index < -0.39 is 35.2 Å². The van der Waals surface area contributed by atoms with Crippen LogP contribution in [0.4, 0.5) is 0 Å². The number of nitrogens with zero attached hydrogens (tertiary/aromatic N) is 1. The van der Waals surface area contributed by atoms with E-state index in [4.69, 9.17) is 5.73 Å². The molecule has 0 spiro atoms. The summed E-state index contributed by atoms with van der Waals surface area (Å²) in [4.78, 5) is 37.2. The molecule has 2 heterocycles. The molecule has 3 atom stereocenters. The lowest BCUT2D eigenvalue weighted by Gasteiger charge is -2.49. The Morgan fingerprint density at radius 1 is 1.36 bits per heavy atom. The number of benzene rings is 1. The molecule has 5 N–H and O–H groups in total. The van der Waals surface area contributed by atoms with Crippen LogP contribution in [-0.4, -0.2) is 50.1 Å². The first-order valence-corrected chi connectivity index (χ1v) is 8.58. The molecule has 9 heteroatoms. The zero-order valence-corrected chi connectivity index (χ0v) is 14.1. The topological polar surface area (TPSA) is 133 Å². The van der Waals surface area contributed by atoms with Crippen LogP contribution in [0.2, 0.25) is 0 Å². The minimum Gasteiger partial charge on any atom is -0.508 e. The van der Waals surface area contributed by atoms with Gasteiger partial charge in [0.25, 0.3) is 5.91 Å². The van der Waals surface area contributed by atoms with Crippen molar-refractivity contribution in [1.29, 1.82) is 0 Å². The number of hydrogen-bond donors (Lipinski definition) is 4. The molecule has 2 unspecified atom stereocenters. The van der Waals surface area contributed by atoms with Crippen molar-refractivity contribution in [1.82, 2.24) is 10.2 Å². The maximum atomic E-state index is 12.3. The average Bonchev–Trinajstić information content (AvgIpc) is 2.58. The van der Waals surface area contributed by atoms with Gasteiger partial charge in [0.05, 0.1) is 0 Å². The Morgan fingerprint density at radius 2 is 2.00 bits per heavy atom. The second kappa shape index (κ2) is 6.41. The highest BCUT2D eigenvalue weighted by atomic mass is 32.2. The second-order valence-electron chi connectivity index (χ2n) is 5.90. The number of carboxylic acids is 1. The summed E-state index contributed by atoms with van der Waals surface area (Å²) in [6.07, 6.45) is 0. The van der Waals surface area contributed by atoms with Crippen molar-refractivity contribution in [3.63, 3.8) is 0 Å². The average molecular weight is 363 g/mol. The van der Waals surface area contributed by atoms with E-state index in [0.29, 0.717) is 16.9 Å². The van der Waals surface area contributed by atoms with Crippen LogP contribution in [0.15, 0.2) is 35.5 Å². The minimum atomic E-state index is -1.15. The van der Waals surface area contributed by atoms with Crippen molar-refractivity contribution >= 4 is 29.5 Å². The van der Waals surface area contributed by atoms with Crippen molar-refractivity contribution in [2.75, 3.05) is 5.75 Å². The van der Waals surface area contributed by atoms with Crippen LogP contribution in [-0.2, 0) is 14.4 Å². The van der Waals surface area contributed by atoms with Crippen LogP contribution in [0.1, 0.15) is 18.5 Å². The summed E-state index contributed by atoms with van der Waals surface area (Å²) in [5, 5.41) is 20.7. The van der Waals surface area contributed by atoms with Crippen molar-refractivity contribution in [2.45, 2.75) is 24.4 Å². The lowest BCUT2D eigenvalue weighted by atomic mass is 10.0. The summed E-state index contributed by atoms with van der Waals surface area (Å²) in [5.74, 6) is -1.61. The molecule has 2 amide bonds. The van der Waals surface area contributed by atoms with E-state index in [0.717, 1.165) is 0 Å². The van der Waals surface area contributed by atoms with Crippen LogP contribution in [0.25, 0.3) is 0 Å². The molecular formula is C16H17N3O5S. The molecule has 2 aliphatic rings. The van der Waals surface area contributed by atoms with E-state index in [1.807, 2.05) is 0 Å². The number of nitrogens with two attached hydrogens (primary N) is 1. The Morgan fingerprint density at radius 3 is 2.60 bits per heavy atom. The molecule has 1 aromatic carbocycles. The van der Waals surface area contributed by atoms with Crippen LogP contribution < -0.4 is 11.1 Å². The van der Waals surface area contributed by atoms with Gasteiger partial charge in [-0.3, -0.25) is 14.5 Å². The van der Waals surface area contributed by atoms with Gasteiger partial charge in [0, 0.05) is 5.75 Å². The van der Waals surface area contributed by atoms with Gasteiger partial charge in [-0.2, -0.15) is 0 Å². The molecule has 1 aromatic rings. The van der Waals surface area contributed by atoms with Gasteiger partial charge >= 0.3 is 5.97 Å². The van der Waals surface area contributed by atoms with Gasteiger partial charge in [0.1, 0.15) is 28.9 Å². The number of aliphatic carboxylic acids is 1. The normalized spacial score (nSPS) is 23.6. The predicted molar refractivity (Wildman–Crippen MR) is 90.4 cm³/mol. The molecule has 1 fully saturated rings. The quantitative estimate of drug-likeness (QED) is 0.560. The Balaban J connectivity index is 1.71. The Hall–Kier alpha value is -2.52. The first kappa shape index (κ1) is 17.3. The van der Waals surface area contributed by atoms with Crippen LogP contribution in [0.3, 0.4) is 0 Å². The fourth-order valence-corrected chi connectivity index (χ4v) is 4.14. The number of aromatic hydroxyl groups is 1. The third kappa shape index (κ3) is 2.96. The van der Waals surface area contributed by atoms with Crippen molar-refractivity contribution in [3.05, 3.63) is 41.1 Å². The van der Waals surface area contributed by atoms with Crippen molar-refractivity contribution in [2.24, 2.45) is 5.73 Å².